The molecular formula is C30H44N6O6. The maximum atomic E-state index is 13.5. The summed E-state index contributed by atoms with van der Waals surface area (Å²) in [6, 6.07) is 4.34. The maximum absolute atomic E-state index is 13.5. The van der Waals surface area contributed by atoms with Crippen molar-refractivity contribution in [3.8, 4) is 5.75 Å². The molecule has 4 rings (SSSR count). The van der Waals surface area contributed by atoms with Gasteiger partial charge in [-0.1, -0.05) is 31.3 Å². The summed E-state index contributed by atoms with van der Waals surface area (Å²) in [5.41, 5.74) is 2.13. The lowest BCUT2D eigenvalue weighted by Gasteiger charge is -2.34. The number of urea groups is 2. The van der Waals surface area contributed by atoms with E-state index >= 15 is 0 Å². The largest absolute Gasteiger partial charge is 0.488 e. The van der Waals surface area contributed by atoms with Gasteiger partial charge in [-0.25, -0.2) is 9.59 Å². The van der Waals surface area contributed by atoms with Gasteiger partial charge in [-0.3, -0.25) is 4.79 Å². The zero-order valence-corrected chi connectivity index (χ0v) is 25.2. The Balaban J connectivity index is 1.54. The number of fused-ring (bicyclic) bond motifs is 1. The Morgan fingerprint density at radius 1 is 1.19 bits per heavy atom. The summed E-state index contributed by atoms with van der Waals surface area (Å²) in [7, 11) is 1.76. The van der Waals surface area contributed by atoms with E-state index in [-0.39, 0.29) is 36.9 Å². The second kappa shape index (κ2) is 13.9. The lowest BCUT2D eigenvalue weighted by molar-refractivity contribution is -0.134. The van der Waals surface area contributed by atoms with Crippen LogP contribution < -0.4 is 20.7 Å². The molecule has 0 saturated heterocycles. The minimum Gasteiger partial charge on any atom is -0.488 e. The second-order valence-corrected chi connectivity index (χ2v) is 11.7. The molecule has 1 aromatic heterocycles. The predicted octanol–water partition coefficient (Wildman–Crippen LogP) is 4.06. The molecule has 230 valence electrons. The third-order valence-electron chi connectivity index (χ3n) is 8.18. The van der Waals surface area contributed by atoms with Crippen LogP contribution >= 0.6 is 0 Å². The van der Waals surface area contributed by atoms with Gasteiger partial charge in [0.2, 0.25) is 5.91 Å². The number of hydrogen-bond donors (Lipinski definition) is 4. The first-order valence-corrected chi connectivity index (χ1v) is 14.8. The van der Waals surface area contributed by atoms with Crippen molar-refractivity contribution in [1.82, 2.24) is 20.3 Å². The van der Waals surface area contributed by atoms with Gasteiger partial charge in [0, 0.05) is 36.8 Å². The fourth-order valence-corrected chi connectivity index (χ4v) is 5.55. The number of benzene rings is 1. The number of carbonyl (C=O) groups excluding carboxylic acids is 3. The van der Waals surface area contributed by atoms with Crippen molar-refractivity contribution in [3.05, 3.63) is 35.2 Å². The van der Waals surface area contributed by atoms with Crippen LogP contribution in [0, 0.1) is 19.8 Å². The van der Waals surface area contributed by atoms with Crippen molar-refractivity contribution in [2.45, 2.75) is 84.4 Å². The van der Waals surface area contributed by atoms with Crippen molar-refractivity contribution in [2.24, 2.45) is 5.92 Å². The minimum atomic E-state index is -0.479. The van der Waals surface area contributed by atoms with E-state index in [0.29, 0.717) is 47.2 Å². The number of aliphatic hydroxyl groups excluding tert-OH is 1. The highest BCUT2D eigenvalue weighted by Crippen LogP contribution is 2.30. The average molecular weight is 585 g/mol. The van der Waals surface area contributed by atoms with E-state index in [9.17, 15) is 19.5 Å². The quantitative estimate of drug-likeness (QED) is 0.383. The van der Waals surface area contributed by atoms with Crippen LogP contribution in [0.25, 0.3) is 0 Å². The molecule has 2 heterocycles. The van der Waals surface area contributed by atoms with Crippen LogP contribution in [0.2, 0.25) is 0 Å². The average Bonchev–Trinajstić information content (AvgIpc) is 3.29. The minimum absolute atomic E-state index is 0.0259. The normalized spacial score (nSPS) is 20.3. The van der Waals surface area contributed by atoms with Crippen molar-refractivity contribution < 1.29 is 28.8 Å². The molecule has 0 bridgehead atoms. The van der Waals surface area contributed by atoms with Crippen molar-refractivity contribution >= 4 is 29.3 Å². The molecule has 12 heteroatoms. The number of aliphatic hydroxyl groups is 1. The summed E-state index contributed by atoms with van der Waals surface area (Å²) in [5, 5.41) is 22.4. The highest BCUT2D eigenvalue weighted by molar-refractivity contribution is 6.00. The third kappa shape index (κ3) is 7.72. The van der Waals surface area contributed by atoms with Gasteiger partial charge < -0.3 is 40.1 Å². The molecule has 2 aromatic rings. The first-order valence-electron chi connectivity index (χ1n) is 14.8. The molecule has 1 aromatic carbocycles. The van der Waals surface area contributed by atoms with Gasteiger partial charge in [0.05, 0.1) is 25.6 Å². The Labute approximate surface area is 247 Å². The van der Waals surface area contributed by atoms with E-state index < -0.39 is 18.2 Å². The summed E-state index contributed by atoms with van der Waals surface area (Å²) in [4.78, 5) is 42.6. The van der Waals surface area contributed by atoms with Crippen molar-refractivity contribution in [1.29, 1.82) is 0 Å². The van der Waals surface area contributed by atoms with Crippen LogP contribution in [0.4, 0.5) is 21.0 Å². The van der Waals surface area contributed by atoms with Gasteiger partial charge in [0.1, 0.15) is 23.2 Å². The zero-order chi connectivity index (χ0) is 30.4. The lowest BCUT2D eigenvalue weighted by atomic mass is 9.96. The smallest absolute Gasteiger partial charge is 0.323 e. The van der Waals surface area contributed by atoms with E-state index in [1.54, 1.807) is 55.8 Å². The highest BCUT2D eigenvalue weighted by Gasteiger charge is 2.32. The number of carbonyl (C=O) groups is 3. The molecule has 3 atom stereocenters. The number of nitrogens with zero attached hydrogens (tertiary/aromatic N) is 3. The summed E-state index contributed by atoms with van der Waals surface area (Å²) in [6.07, 6.45) is 5.04. The van der Waals surface area contributed by atoms with Crippen LogP contribution in [0.15, 0.2) is 22.7 Å². The second-order valence-electron chi connectivity index (χ2n) is 11.7. The number of aromatic nitrogens is 1. The number of aryl methyl sites for hydroxylation is 2. The van der Waals surface area contributed by atoms with Crippen LogP contribution in [0.3, 0.4) is 0 Å². The number of hydrogen-bond acceptors (Lipinski definition) is 7. The standard InChI is InChI=1S/C30H44N6O6/c1-18-15-36(19(2)17-37)27(38)14-22-13-24(31-29(39)33-28-20(3)34-42-21(28)4)11-12-25(22)41-26(18)16-35(5)30(40)32-23-9-7-6-8-10-23/h11-13,18-19,23,26,37H,6-10,14-17H2,1-5H3,(H,32,40)(H2,31,33,39)/t18-,19+,26-/m1/s1. The third-order valence-corrected chi connectivity index (χ3v) is 8.18. The SMILES string of the molecule is Cc1noc(C)c1NC(=O)Nc1ccc2c(c1)CC(=O)N([C@@H](C)CO)C[C@@H](C)[C@@H](CN(C)C(=O)NC1CCCCC1)O2. The molecular weight excluding hydrogens is 540 g/mol. The lowest BCUT2D eigenvalue weighted by Crippen LogP contribution is -2.50. The van der Waals surface area contributed by atoms with Crippen LogP contribution in [-0.4, -0.2) is 83.0 Å². The van der Waals surface area contributed by atoms with Gasteiger partial charge in [0.25, 0.3) is 0 Å². The van der Waals surface area contributed by atoms with Crippen LogP contribution in [-0.2, 0) is 11.2 Å². The van der Waals surface area contributed by atoms with Crippen molar-refractivity contribution in [3.63, 3.8) is 0 Å². The molecule has 0 unspecified atom stereocenters. The molecule has 1 aliphatic heterocycles. The van der Waals surface area contributed by atoms with Gasteiger partial charge in [-0.2, -0.15) is 0 Å². The Bertz CT molecular complexity index is 1240. The zero-order valence-electron chi connectivity index (χ0n) is 25.2. The topological polar surface area (TPSA) is 149 Å². The molecule has 2 aliphatic rings. The summed E-state index contributed by atoms with van der Waals surface area (Å²) in [6.45, 7) is 7.74. The van der Waals surface area contributed by atoms with Crippen LogP contribution in [0.1, 0.15) is 63.0 Å². The van der Waals surface area contributed by atoms with E-state index in [1.165, 1.54) is 6.42 Å². The molecule has 1 fully saturated rings. The van der Waals surface area contributed by atoms with E-state index in [1.807, 2.05) is 6.92 Å². The summed E-state index contributed by atoms with van der Waals surface area (Å²) in [5.74, 6) is 0.704. The monoisotopic (exact) mass is 584 g/mol. The Morgan fingerprint density at radius 3 is 2.60 bits per heavy atom. The molecule has 5 amide bonds. The number of amides is 5. The first-order chi connectivity index (χ1) is 20.0. The van der Waals surface area contributed by atoms with Gasteiger partial charge >= 0.3 is 12.1 Å². The Kier molecular flexibility index (Phi) is 10.3. The number of nitrogens with one attached hydrogen (secondary N) is 3. The molecule has 1 aliphatic carbocycles. The molecule has 0 radical (unpaired) electrons. The molecule has 0 spiro atoms. The van der Waals surface area contributed by atoms with E-state index in [0.717, 1.165) is 25.7 Å². The molecule has 1 saturated carbocycles. The molecule has 12 nitrogen and oxygen atoms in total. The fourth-order valence-electron chi connectivity index (χ4n) is 5.55. The van der Waals surface area contributed by atoms with Crippen molar-refractivity contribution in [2.75, 3.05) is 37.4 Å². The molecule has 42 heavy (non-hydrogen) atoms. The number of ether oxygens (including phenoxy) is 1. The number of rotatable bonds is 7. The maximum Gasteiger partial charge on any atom is 0.323 e. The summed E-state index contributed by atoms with van der Waals surface area (Å²) < 4.78 is 11.6. The van der Waals surface area contributed by atoms with Gasteiger partial charge in [0.15, 0.2) is 5.76 Å². The molecule has 4 N–H and O–H groups in total. The van der Waals surface area contributed by atoms with Gasteiger partial charge in [-0.15, -0.1) is 0 Å². The number of likely N-dealkylation sites (N-methyl/N-ethyl adjacent to an activating group) is 1. The highest BCUT2D eigenvalue weighted by atomic mass is 16.5. The Morgan fingerprint density at radius 2 is 1.93 bits per heavy atom. The first kappa shape index (κ1) is 31.1. The van der Waals surface area contributed by atoms with E-state index in [2.05, 4.69) is 21.1 Å². The van der Waals surface area contributed by atoms with Crippen LogP contribution in [0.5, 0.6) is 5.75 Å². The summed E-state index contributed by atoms with van der Waals surface area (Å²) >= 11 is 0. The van der Waals surface area contributed by atoms with Gasteiger partial charge in [-0.05, 0) is 51.8 Å². The predicted molar refractivity (Wildman–Crippen MR) is 159 cm³/mol. The Hall–Kier alpha value is -3.80. The fraction of sp³-hybridized carbons (Fsp3) is 0.600. The number of anilines is 2. The van der Waals surface area contributed by atoms with E-state index in [4.69, 9.17) is 9.26 Å².